The van der Waals surface area contributed by atoms with Crippen LogP contribution < -0.4 is 5.32 Å². The lowest BCUT2D eigenvalue weighted by molar-refractivity contribution is 0.0782. The van der Waals surface area contributed by atoms with Crippen LogP contribution >= 0.6 is 0 Å². The molecule has 1 aliphatic rings. The Kier molecular flexibility index (Phi) is 5.45. The van der Waals surface area contributed by atoms with Crippen molar-refractivity contribution in [2.45, 2.75) is 64.5 Å². The van der Waals surface area contributed by atoms with E-state index in [-0.39, 0.29) is 5.41 Å². The molecule has 2 nitrogen and oxygen atoms in total. The minimum absolute atomic E-state index is 0.260. The summed E-state index contributed by atoms with van der Waals surface area (Å²) in [5.74, 6) is 0.588. The third-order valence-electron chi connectivity index (χ3n) is 5.34. The Morgan fingerprint density at radius 2 is 1.90 bits per heavy atom. The standard InChI is InChI=1S/C19H31NO/c1-6-17-16(12-13-21-17)18(20-5)14-8-10-15(11-9-14)19(3,4)7-2/h8-11,16-18,20H,6-7,12-13H2,1-5H3. The monoisotopic (exact) mass is 289 g/mol. The molecule has 0 saturated carbocycles. The van der Waals surface area contributed by atoms with Crippen molar-refractivity contribution >= 4 is 0 Å². The van der Waals surface area contributed by atoms with Crippen LogP contribution in [0.3, 0.4) is 0 Å². The number of hydrogen-bond acceptors (Lipinski definition) is 2. The fraction of sp³-hybridized carbons (Fsp3) is 0.684. The molecule has 0 spiro atoms. The molecule has 118 valence electrons. The Bertz CT molecular complexity index is 437. The molecule has 0 amide bonds. The molecule has 1 aliphatic heterocycles. The Labute approximate surface area is 130 Å². The van der Waals surface area contributed by atoms with E-state index in [1.807, 2.05) is 0 Å². The first kappa shape index (κ1) is 16.5. The van der Waals surface area contributed by atoms with Gasteiger partial charge in [-0.2, -0.15) is 0 Å². The second-order valence-corrected chi connectivity index (χ2v) is 6.90. The van der Waals surface area contributed by atoms with Gasteiger partial charge in [-0.25, -0.2) is 0 Å². The van der Waals surface area contributed by atoms with E-state index in [9.17, 15) is 0 Å². The Balaban J connectivity index is 2.19. The molecule has 1 aromatic rings. The molecule has 1 N–H and O–H groups in total. The van der Waals surface area contributed by atoms with Gasteiger partial charge in [-0.15, -0.1) is 0 Å². The van der Waals surface area contributed by atoms with Crippen molar-refractivity contribution in [1.82, 2.24) is 5.32 Å². The summed E-state index contributed by atoms with van der Waals surface area (Å²) in [6.07, 6.45) is 3.82. The predicted octanol–water partition coefficient (Wildman–Crippen LogP) is 4.45. The van der Waals surface area contributed by atoms with E-state index in [1.165, 1.54) is 11.1 Å². The van der Waals surface area contributed by atoms with Gasteiger partial charge in [0, 0.05) is 18.6 Å². The van der Waals surface area contributed by atoms with Gasteiger partial charge in [-0.1, -0.05) is 52.0 Å². The summed E-state index contributed by atoms with van der Waals surface area (Å²) in [7, 11) is 2.07. The van der Waals surface area contributed by atoms with E-state index in [0.717, 1.165) is 25.9 Å². The first-order chi connectivity index (χ1) is 10.0. The molecule has 1 aromatic carbocycles. The molecule has 0 aromatic heterocycles. The summed E-state index contributed by atoms with van der Waals surface area (Å²) in [5.41, 5.74) is 3.08. The van der Waals surface area contributed by atoms with Crippen LogP contribution in [0.2, 0.25) is 0 Å². The molecule has 1 saturated heterocycles. The lowest BCUT2D eigenvalue weighted by Crippen LogP contribution is -2.30. The minimum atomic E-state index is 0.260. The topological polar surface area (TPSA) is 21.3 Å². The molecular formula is C19H31NO. The van der Waals surface area contributed by atoms with E-state index in [2.05, 4.69) is 64.3 Å². The van der Waals surface area contributed by atoms with Crippen molar-refractivity contribution in [3.8, 4) is 0 Å². The molecule has 0 aliphatic carbocycles. The summed E-state index contributed by atoms with van der Waals surface area (Å²) in [6, 6.07) is 9.62. The average molecular weight is 289 g/mol. The molecule has 2 heteroatoms. The summed E-state index contributed by atoms with van der Waals surface area (Å²) in [4.78, 5) is 0. The van der Waals surface area contributed by atoms with Crippen LogP contribution in [0.4, 0.5) is 0 Å². The van der Waals surface area contributed by atoms with Crippen LogP contribution in [0.1, 0.15) is 64.1 Å². The summed E-state index contributed by atoms with van der Waals surface area (Å²) >= 11 is 0. The molecule has 21 heavy (non-hydrogen) atoms. The number of hydrogen-bond donors (Lipinski definition) is 1. The van der Waals surface area contributed by atoms with Gasteiger partial charge in [0.15, 0.2) is 0 Å². The largest absolute Gasteiger partial charge is 0.378 e. The van der Waals surface area contributed by atoms with Gasteiger partial charge in [0.2, 0.25) is 0 Å². The van der Waals surface area contributed by atoms with E-state index in [0.29, 0.717) is 18.1 Å². The molecule has 3 unspecified atom stereocenters. The average Bonchev–Trinajstić information content (AvgIpc) is 2.97. The Hall–Kier alpha value is -0.860. The van der Waals surface area contributed by atoms with Gasteiger partial charge in [0.25, 0.3) is 0 Å². The van der Waals surface area contributed by atoms with Crippen molar-refractivity contribution in [3.63, 3.8) is 0 Å². The second-order valence-electron chi connectivity index (χ2n) is 6.90. The third kappa shape index (κ3) is 3.49. The second kappa shape index (κ2) is 6.93. The quantitative estimate of drug-likeness (QED) is 0.835. The summed E-state index contributed by atoms with van der Waals surface area (Å²) in [6.45, 7) is 10.0. The smallest absolute Gasteiger partial charge is 0.0619 e. The molecule has 0 radical (unpaired) electrons. The van der Waals surface area contributed by atoms with Gasteiger partial charge in [-0.05, 0) is 42.9 Å². The normalized spacial score (nSPS) is 24.2. The lowest BCUT2D eigenvalue weighted by atomic mass is 9.80. The van der Waals surface area contributed by atoms with Crippen LogP contribution in [-0.2, 0) is 10.2 Å². The molecule has 1 fully saturated rings. The molecule has 1 heterocycles. The van der Waals surface area contributed by atoms with Crippen LogP contribution in [0.15, 0.2) is 24.3 Å². The Morgan fingerprint density at radius 3 is 2.43 bits per heavy atom. The number of benzene rings is 1. The Morgan fingerprint density at radius 1 is 1.24 bits per heavy atom. The number of rotatable bonds is 6. The van der Waals surface area contributed by atoms with E-state index < -0.39 is 0 Å². The van der Waals surface area contributed by atoms with Crippen molar-refractivity contribution in [3.05, 3.63) is 35.4 Å². The van der Waals surface area contributed by atoms with Gasteiger partial charge in [0.05, 0.1) is 6.10 Å². The van der Waals surface area contributed by atoms with Crippen LogP contribution in [0.5, 0.6) is 0 Å². The fourth-order valence-corrected chi connectivity index (χ4v) is 3.44. The van der Waals surface area contributed by atoms with Crippen LogP contribution in [-0.4, -0.2) is 19.8 Å². The zero-order valence-corrected chi connectivity index (χ0v) is 14.3. The van der Waals surface area contributed by atoms with Gasteiger partial charge in [-0.3, -0.25) is 0 Å². The zero-order valence-electron chi connectivity index (χ0n) is 14.3. The highest BCUT2D eigenvalue weighted by atomic mass is 16.5. The zero-order chi connectivity index (χ0) is 15.5. The first-order valence-electron chi connectivity index (χ1n) is 8.42. The van der Waals surface area contributed by atoms with Crippen molar-refractivity contribution in [1.29, 1.82) is 0 Å². The van der Waals surface area contributed by atoms with Gasteiger partial charge >= 0.3 is 0 Å². The van der Waals surface area contributed by atoms with Crippen molar-refractivity contribution < 1.29 is 4.74 Å². The van der Waals surface area contributed by atoms with E-state index in [4.69, 9.17) is 4.74 Å². The molecule has 0 bridgehead atoms. The highest BCUT2D eigenvalue weighted by Gasteiger charge is 2.33. The maximum atomic E-state index is 5.87. The summed E-state index contributed by atoms with van der Waals surface area (Å²) < 4.78 is 5.87. The van der Waals surface area contributed by atoms with Gasteiger partial charge < -0.3 is 10.1 Å². The maximum absolute atomic E-state index is 5.87. The highest BCUT2D eigenvalue weighted by molar-refractivity contribution is 5.30. The van der Waals surface area contributed by atoms with Crippen molar-refractivity contribution in [2.75, 3.05) is 13.7 Å². The SMILES string of the molecule is CCC1OCCC1C(NC)c1ccc(C(C)(C)CC)cc1. The molecular weight excluding hydrogens is 258 g/mol. The summed E-state index contributed by atoms with van der Waals surface area (Å²) in [5, 5.41) is 3.52. The van der Waals surface area contributed by atoms with Crippen LogP contribution in [0, 0.1) is 5.92 Å². The number of nitrogens with one attached hydrogen (secondary N) is 1. The fourth-order valence-electron chi connectivity index (χ4n) is 3.44. The van der Waals surface area contributed by atoms with Crippen LogP contribution in [0.25, 0.3) is 0 Å². The van der Waals surface area contributed by atoms with E-state index >= 15 is 0 Å². The highest BCUT2D eigenvalue weighted by Crippen LogP contribution is 2.35. The third-order valence-corrected chi connectivity index (χ3v) is 5.34. The number of ether oxygens (including phenoxy) is 1. The predicted molar refractivity (Wildman–Crippen MR) is 89.7 cm³/mol. The molecule has 3 atom stereocenters. The lowest BCUT2D eigenvalue weighted by Gasteiger charge is -2.28. The van der Waals surface area contributed by atoms with Crippen molar-refractivity contribution in [2.24, 2.45) is 5.92 Å². The van der Waals surface area contributed by atoms with Gasteiger partial charge in [0.1, 0.15) is 0 Å². The minimum Gasteiger partial charge on any atom is -0.378 e. The maximum Gasteiger partial charge on any atom is 0.0619 e. The first-order valence-corrected chi connectivity index (χ1v) is 8.42. The van der Waals surface area contributed by atoms with E-state index in [1.54, 1.807) is 0 Å². The molecule has 2 rings (SSSR count).